The minimum absolute atomic E-state index is 0.0226. The Labute approximate surface area is 230 Å². The number of hydrogen-bond donors (Lipinski definition) is 3. The van der Waals surface area contributed by atoms with Crippen LogP contribution in [0.2, 0.25) is 5.02 Å². The van der Waals surface area contributed by atoms with Crippen LogP contribution in [0.4, 0.5) is 24.7 Å². The van der Waals surface area contributed by atoms with Gasteiger partial charge >= 0.3 is 6.18 Å². The van der Waals surface area contributed by atoms with Gasteiger partial charge < -0.3 is 20.5 Å². The number of anilines is 2. The van der Waals surface area contributed by atoms with Crippen LogP contribution in [0.15, 0.2) is 73.1 Å². The smallest absolute Gasteiger partial charge is 0.416 e. The molecule has 39 heavy (non-hydrogen) atoms. The third-order valence-electron chi connectivity index (χ3n) is 5.60. The van der Waals surface area contributed by atoms with E-state index in [1.165, 1.54) is 29.8 Å². The second-order valence-electron chi connectivity index (χ2n) is 8.39. The van der Waals surface area contributed by atoms with Crippen LogP contribution in [0.25, 0.3) is 20.9 Å². The molecule has 0 spiro atoms. The zero-order chi connectivity index (χ0) is 27.4. The molecular weight excluding hydrogens is 551 g/mol. The summed E-state index contributed by atoms with van der Waals surface area (Å²) in [6.07, 6.45) is -3.04. The molecule has 0 fully saturated rings. The van der Waals surface area contributed by atoms with Gasteiger partial charge in [0.1, 0.15) is 33.2 Å². The second kappa shape index (κ2) is 11.5. The monoisotopic (exact) mass is 571 g/mol. The van der Waals surface area contributed by atoms with Crippen molar-refractivity contribution >= 4 is 44.8 Å². The molecule has 0 unspecified atom stereocenters. The van der Waals surface area contributed by atoms with Gasteiger partial charge in [-0.3, -0.25) is 0 Å². The Morgan fingerprint density at radius 3 is 2.56 bits per heavy atom. The van der Waals surface area contributed by atoms with E-state index in [0.29, 0.717) is 34.9 Å². The summed E-state index contributed by atoms with van der Waals surface area (Å²) in [4.78, 5) is 14.1. The highest BCUT2D eigenvalue weighted by Crippen LogP contribution is 2.37. The summed E-state index contributed by atoms with van der Waals surface area (Å²) in [5.74, 6) is 0.713. The SMILES string of the molecule is OCCNCc1ccc(-c2nc3c(Nc4ccc(Oc5cccc(C(F)(F)F)c5)c(Cl)c4)ncnc3s2)cc1. The van der Waals surface area contributed by atoms with Crippen molar-refractivity contribution in [2.75, 3.05) is 18.5 Å². The maximum atomic E-state index is 13.0. The lowest BCUT2D eigenvalue weighted by atomic mass is 10.1. The lowest BCUT2D eigenvalue weighted by Crippen LogP contribution is -2.17. The van der Waals surface area contributed by atoms with Crippen LogP contribution in [-0.2, 0) is 12.7 Å². The Morgan fingerprint density at radius 1 is 1.00 bits per heavy atom. The number of aliphatic hydroxyl groups excluding tert-OH is 1. The Bertz CT molecular complexity index is 1600. The molecule has 0 saturated carbocycles. The van der Waals surface area contributed by atoms with Crippen molar-refractivity contribution < 1.29 is 23.0 Å². The lowest BCUT2D eigenvalue weighted by Gasteiger charge is -2.12. The number of alkyl halides is 3. The highest BCUT2D eigenvalue weighted by atomic mass is 35.5. The Balaban J connectivity index is 1.33. The van der Waals surface area contributed by atoms with Crippen molar-refractivity contribution in [3.05, 3.63) is 89.2 Å². The van der Waals surface area contributed by atoms with E-state index in [1.54, 1.807) is 18.2 Å². The zero-order valence-electron chi connectivity index (χ0n) is 20.2. The Hall–Kier alpha value is -3.77. The predicted octanol–water partition coefficient (Wildman–Crippen LogP) is 7.04. The van der Waals surface area contributed by atoms with Crippen molar-refractivity contribution in [2.24, 2.45) is 0 Å². The third kappa shape index (κ3) is 6.45. The molecule has 0 aliphatic carbocycles. The number of thiazole rings is 1. The average Bonchev–Trinajstić information content (AvgIpc) is 3.36. The fourth-order valence-corrected chi connectivity index (χ4v) is 4.84. The summed E-state index contributed by atoms with van der Waals surface area (Å²) in [5, 5.41) is 16.2. The van der Waals surface area contributed by atoms with Crippen LogP contribution >= 0.6 is 22.9 Å². The first-order valence-electron chi connectivity index (χ1n) is 11.7. The number of hydrogen-bond acceptors (Lipinski definition) is 8. The summed E-state index contributed by atoms with van der Waals surface area (Å²) in [6.45, 7) is 1.28. The van der Waals surface area contributed by atoms with Gasteiger partial charge in [0.2, 0.25) is 0 Å². The minimum atomic E-state index is -4.48. The van der Waals surface area contributed by atoms with Crippen LogP contribution in [0.5, 0.6) is 11.5 Å². The first-order valence-corrected chi connectivity index (χ1v) is 12.9. The number of aliphatic hydroxyl groups is 1. The first kappa shape index (κ1) is 26.8. The molecule has 0 saturated heterocycles. The molecule has 3 aromatic carbocycles. The molecule has 0 bridgehead atoms. The zero-order valence-corrected chi connectivity index (χ0v) is 21.7. The molecule has 2 heterocycles. The number of halogens is 4. The normalized spacial score (nSPS) is 11.6. The highest BCUT2D eigenvalue weighted by Gasteiger charge is 2.30. The molecular formula is C27H21ClF3N5O2S. The number of rotatable bonds is 9. The molecule has 7 nitrogen and oxygen atoms in total. The molecule has 200 valence electrons. The van der Waals surface area contributed by atoms with E-state index >= 15 is 0 Å². The van der Waals surface area contributed by atoms with Gasteiger partial charge in [-0.2, -0.15) is 13.2 Å². The van der Waals surface area contributed by atoms with Gasteiger partial charge in [-0.1, -0.05) is 53.3 Å². The van der Waals surface area contributed by atoms with E-state index in [1.807, 2.05) is 24.3 Å². The number of benzene rings is 3. The van der Waals surface area contributed by atoms with E-state index in [0.717, 1.165) is 28.3 Å². The summed E-state index contributed by atoms with van der Waals surface area (Å²) in [5.41, 5.74) is 2.40. The first-order chi connectivity index (χ1) is 18.8. The number of ether oxygens (including phenoxy) is 1. The maximum Gasteiger partial charge on any atom is 0.416 e. The fourth-order valence-electron chi connectivity index (χ4n) is 3.71. The van der Waals surface area contributed by atoms with Gasteiger partial charge in [-0.05, 0) is 42.0 Å². The number of fused-ring (bicyclic) bond motifs is 1. The fraction of sp³-hybridized carbons (Fsp3) is 0.148. The summed E-state index contributed by atoms with van der Waals surface area (Å²) < 4.78 is 44.6. The molecule has 3 N–H and O–H groups in total. The molecule has 2 aromatic heterocycles. The van der Waals surface area contributed by atoms with Crippen LogP contribution < -0.4 is 15.4 Å². The molecule has 5 aromatic rings. The number of aromatic nitrogens is 3. The van der Waals surface area contributed by atoms with Crippen LogP contribution in [0, 0.1) is 0 Å². The predicted molar refractivity (Wildman–Crippen MR) is 146 cm³/mol. The number of nitrogens with one attached hydrogen (secondary N) is 2. The quantitative estimate of drug-likeness (QED) is 0.163. The molecule has 5 rings (SSSR count). The van der Waals surface area contributed by atoms with Gasteiger partial charge in [0.25, 0.3) is 0 Å². The van der Waals surface area contributed by atoms with Gasteiger partial charge in [0, 0.05) is 24.3 Å². The van der Waals surface area contributed by atoms with Crippen molar-refractivity contribution in [1.82, 2.24) is 20.3 Å². The highest BCUT2D eigenvalue weighted by molar-refractivity contribution is 7.21. The van der Waals surface area contributed by atoms with Crippen LogP contribution in [0.3, 0.4) is 0 Å². The average molecular weight is 572 g/mol. The van der Waals surface area contributed by atoms with E-state index < -0.39 is 11.7 Å². The molecule has 0 aliphatic rings. The number of nitrogens with zero attached hydrogens (tertiary/aromatic N) is 3. The largest absolute Gasteiger partial charge is 0.456 e. The topological polar surface area (TPSA) is 92.2 Å². The second-order valence-corrected chi connectivity index (χ2v) is 9.77. The van der Waals surface area contributed by atoms with Crippen LogP contribution in [0.1, 0.15) is 11.1 Å². The third-order valence-corrected chi connectivity index (χ3v) is 6.91. The maximum absolute atomic E-state index is 13.0. The molecule has 0 radical (unpaired) electrons. The van der Waals surface area contributed by atoms with E-state index in [-0.39, 0.29) is 23.1 Å². The molecule has 0 aliphatic heterocycles. The van der Waals surface area contributed by atoms with Gasteiger partial charge in [-0.15, -0.1) is 0 Å². The summed E-state index contributed by atoms with van der Waals surface area (Å²) in [6, 6.07) is 17.4. The summed E-state index contributed by atoms with van der Waals surface area (Å²) in [7, 11) is 0. The van der Waals surface area contributed by atoms with Crippen molar-refractivity contribution in [3.8, 4) is 22.1 Å². The Morgan fingerprint density at radius 2 is 1.82 bits per heavy atom. The van der Waals surface area contributed by atoms with Gasteiger partial charge in [0.05, 0.1) is 17.2 Å². The Kier molecular flexibility index (Phi) is 7.94. The van der Waals surface area contributed by atoms with E-state index in [9.17, 15) is 13.2 Å². The van der Waals surface area contributed by atoms with E-state index in [4.69, 9.17) is 26.4 Å². The van der Waals surface area contributed by atoms with E-state index in [2.05, 4.69) is 20.6 Å². The molecule has 0 amide bonds. The standard InChI is InChI=1S/C27H21ClF3N5O2S/c28-21-13-19(8-9-22(21)38-20-3-1-2-18(12-20)27(29,30)31)35-24-23-26(34-15-33-24)39-25(36-23)17-6-4-16(5-7-17)14-32-10-11-37/h1-9,12-13,15,32,37H,10-11,14H2,(H,33,34,35). The molecule has 0 atom stereocenters. The van der Waals surface area contributed by atoms with Gasteiger partial charge in [-0.25, -0.2) is 15.0 Å². The van der Waals surface area contributed by atoms with Crippen molar-refractivity contribution in [1.29, 1.82) is 0 Å². The van der Waals surface area contributed by atoms with Crippen LogP contribution in [-0.4, -0.2) is 33.2 Å². The molecule has 12 heteroatoms. The lowest BCUT2D eigenvalue weighted by molar-refractivity contribution is -0.137. The van der Waals surface area contributed by atoms with Gasteiger partial charge in [0.15, 0.2) is 5.82 Å². The summed E-state index contributed by atoms with van der Waals surface area (Å²) >= 11 is 7.81. The van der Waals surface area contributed by atoms with Crippen molar-refractivity contribution in [2.45, 2.75) is 12.7 Å². The minimum Gasteiger partial charge on any atom is -0.456 e. The van der Waals surface area contributed by atoms with Crippen molar-refractivity contribution in [3.63, 3.8) is 0 Å².